The van der Waals surface area contributed by atoms with Crippen LogP contribution in [0.4, 0.5) is 4.39 Å². The lowest BCUT2D eigenvalue weighted by Gasteiger charge is -2.28. The standard InChI is InChI=1S/C8H12FNO4/c1-14-8(13)6-3-4(9)2-5(10-6)7(11)12/h4-6,10H,2-3H2,1H3,(H,11,12). The molecule has 2 N–H and O–H groups in total. The average molecular weight is 205 g/mol. The Kier molecular flexibility index (Phi) is 3.40. The van der Waals surface area contributed by atoms with E-state index in [0.29, 0.717) is 0 Å². The summed E-state index contributed by atoms with van der Waals surface area (Å²) in [4.78, 5) is 21.6. The lowest BCUT2D eigenvalue weighted by atomic mass is 9.97. The molecule has 0 radical (unpaired) electrons. The van der Waals surface area contributed by atoms with Crippen LogP contribution >= 0.6 is 0 Å². The fourth-order valence-corrected chi connectivity index (χ4v) is 1.47. The number of methoxy groups -OCH3 is 1. The number of rotatable bonds is 2. The highest BCUT2D eigenvalue weighted by Gasteiger charge is 2.36. The van der Waals surface area contributed by atoms with Gasteiger partial charge in [0.1, 0.15) is 18.3 Å². The Hall–Kier alpha value is -1.17. The molecule has 0 amide bonds. The summed E-state index contributed by atoms with van der Waals surface area (Å²) in [6.45, 7) is 0. The van der Waals surface area contributed by atoms with E-state index in [0.717, 1.165) is 0 Å². The number of carboxylic acids is 1. The Morgan fingerprint density at radius 1 is 1.43 bits per heavy atom. The third-order valence-electron chi connectivity index (χ3n) is 2.17. The molecule has 80 valence electrons. The molecule has 1 aliphatic heterocycles. The number of nitrogens with one attached hydrogen (secondary N) is 1. The molecule has 6 heteroatoms. The van der Waals surface area contributed by atoms with Gasteiger partial charge in [-0.2, -0.15) is 0 Å². The number of carbonyl (C=O) groups excluding carboxylic acids is 1. The monoisotopic (exact) mass is 205 g/mol. The van der Waals surface area contributed by atoms with E-state index in [2.05, 4.69) is 10.1 Å². The van der Waals surface area contributed by atoms with Gasteiger partial charge in [-0.15, -0.1) is 0 Å². The molecule has 14 heavy (non-hydrogen) atoms. The predicted octanol–water partition coefficient (Wildman–Crippen LogP) is -0.297. The minimum atomic E-state index is -1.28. The van der Waals surface area contributed by atoms with E-state index >= 15 is 0 Å². The Morgan fingerprint density at radius 2 is 2.00 bits per heavy atom. The number of aliphatic carboxylic acids is 1. The maximum Gasteiger partial charge on any atom is 0.322 e. The van der Waals surface area contributed by atoms with Crippen molar-refractivity contribution in [2.75, 3.05) is 7.11 Å². The molecule has 0 saturated carbocycles. The van der Waals surface area contributed by atoms with Gasteiger partial charge in [-0.25, -0.2) is 4.39 Å². The van der Waals surface area contributed by atoms with Crippen LogP contribution in [0.25, 0.3) is 0 Å². The van der Waals surface area contributed by atoms with Crippen LogP contribution in [0, 0.1) is 0 Å². The van der Waals surface area contributed by atoms with Crippen LogP contribution in [-0.4, -0.2) is 42.4 Å². The first-order valence-corrected chi connectivity index (χ1v) is 4.25. The molecule has 3 atom stereocenters. The number of esters is 1. The molecule has 1 rings (SSSR count). The summed E-state index contributed by atoms with van der Waals surface area (Å²) in [5, 5.41) is 11.2. The molecule has 0 aromatic heterocycles. The molecule has 0 bridgehead atoms. The van der Waals surface area contributed by atoms with E-state index in [1.54, 1.807) is 0 Å². The minimum absolute atomic E-state index is 0.0313. The van der Waals surface area contributed by atoms with E-state index in [9.17, 15) is 14.0 Å². The summed E-state index contributed by atoms with van der Waals surface area (Å²) in [5.41, 5.74) is 0. The summed E-state index contributed by atoms with van der Waals surface area (Å²) >= 11 is 0. The van der Waals surface area contributed by atoms with Gasteiger partial charge in [0.2, 0.25) is 0 Å². The maximum absolute atomic E-state index is 13.0. The topological polar surface area (TPSA) is 75.6 Å². The molecule has 0 aliphatic carbocycles. The van der Waals surface area contributed by atoms with Crippen LogP contribution in [0.3, 0.4) is 0 Å². The molecular weight excluding hydrogens is 193 g/mol. The largest absolute Gasteiger partial charge is 0.480 e. The number of carboxylic acid groups (broad SMARTS) is 1. The minimum Gasteiger partial charge on any atom is -0.480 e. The second-order valence-electron chi connectivity index (χ2n) is 3.20. The fourth-order valence-electron chi connectivity index (χ4n) is 1.47. The lowest BCUT2D eigenvalue weighted by molar-refractivity contribution is -0.147. The van der Waals surface area contributed by atoms with Crippen molar-refractivity contribution < 1.29 is 23.8 Å². The van der Waals surface area contributed by atoms with Crippen molar-refractivity contribution in [1.82, 2.24) is 5.32 Å². The summed E-state index contributed by atoms with van der Waals surface area (Å²) in [7, 11) is 1.18. The Labute approximate surface area is 80.2 Å². The summed E-state index contributed by atoms with van der Waals surface area (Å²) in [5.74, 6) is -1.78. The number of hydrogen-bond acceptors (Lipinski definition) is 4. The van der Waals surface area contributed by atoms with Gasteiger partial charge in [0.25, 0.3) is 0 Å². The van der Waals surface area contributed by atoms with E-state index in [1.165, 1.54) is 7.11 Å². The van der Waals surface area contributed by atoms with Gasteiger partial charge in [-0.3, -0.25) is 14.9 Å². The predicted molar refractivity (Wildman–Crippen MR) is 44.5 cm³/mol. The number of ether oxygens (including phenoxy) is 1. The first kappa shape index (κ1) is 10.9. The third kappa shape index (κ3) is 2.41. The first-order chi connectivity index (χ1) is 6.54. The summed E-state index contributed by atoms with van der Waals surface area (Å²) in [6.07, 6.45) is -1.42. The van der Waals surface area contributed by atoms with Gasteiger partial charge < -0.3 is 9.84 Å². The smallest absolute Gasteiger partial charge is 0.322 e. The van der Waals surface area contributed by atoms with Gasteiger partial charge in [-0.05, 0) is 0 Å². The maximum atomic E-state index is 13.0. The second-order valence-corrected chi connectivity index (χ2v) is 3.20. The highest BCUT2D eigenvalue weighted by molar-refractivity contribution is 5.79. The molecule has 1 fully saturated rings. The second kappa shape index (κ2) is 4.36. The number of carbonyl (C=O) groups is 2. The molecule has 1 aliphatic rings. The van der Waals surface area contributed by atoms with Gasteiger partial charge in [0.05, 0.1) is 7.11 Å². The Balaban J connectivity index is 2.62. The van der Waals surface area contributed by atoms with Crippen LogP contribution in [-0.2, 0) is 14.3 Å². The van der Waals surface area contributed by atoms with Gasteiger partial charge in [0, 0.05) is 12.8 Å². The van der Waals surface area contributed by atoms with Crippen LogP contribution < -0.4 is 5.32 Å². The van der Waals surface area contributed by atoms with E-state index in [4.69, 9.17) is 5.11 Å². The molecule has 0 aromatic carbocycles. The molecule has 1 saturated heterocycles. The molecule has 0 aromatic rings. The average Bonchev–Trinajstić information content (AvgIpc) is 2.15. The van der Waals surface area contributed by atoms with Crippen LogP contribution in [0.2, 0.25) is 0 Å². The zero-order chi connectivity index (χ0) is 10.7. The zero-order valence-corrected chi connectivity index (χ0v) is 7.70. The highest BCUT2D eigenvalue weighted by Crippen LogP contribution is 2.17. The van der Waals surface area contributed by atoms with Crippen molar-refractivity contribution in [3.8, 4) is 0 Å². The van der Waals surface area contributed by atoms with E-state index in [-0.39, 0.29) is 12.8 Å². The Morgan fingerprint density at radius 3 is 2.50 bits per heavy atom. The van der Waals surface area contributed by atoms with Crippen molar-refractivity contribution in [2.45, 2.75) is 31.1 Å². The van der Waals surface area contributed by atoms with Crippen molar-refractivity contribution in [1.29, 1.82) is 0 Å². The number of halogens is 1. The summed E-state index contributed by atoms with van der Waals surface area (Å²) in [6, 6.07) is -1.87. The Bertz CT molecular complexity index is 245. The highest BCUT2D eigenvalue weighted by atomic mass is 19.1. The van der Waals surface area contributed by atoms with Crippen LogP contribution in [0.5, 0.6) is 0 Å². The number of piperidine rings is 1. The van der Waals surface area contributed by atoms with Crippen molar-refractivity contribution in [3.05, 3.63) is 0 Å². The fraction of sp³-hybridized carbons (Fsp3) is 0.750. The normalized spacial score (nSPS) is 32.3. The van der Waals surface area contributed by atoms with Crippen molar-refractivity contribution in [2.24, 2.45) is 0 Å². The molecule has 5 nitrogen and oxygen atoms in total. The molecule has 1 heterocycles. The van der Waals surface area contributed by atoms with Gasteiger partial charge in [-0.1, -0.05) is 0 Å². The SMILES string of the molecule is COC(=O)C1CC(F)CC(C(=O)O)N1. The molecule has 3 unspecified atom stereocenters. The van der Waals surface area contributed by atoms with Gasteiger partial charge >= 0.3 is 11.9 Å². The number of alkyl halides is 1. The van der Waals surface area contributed by atoms with E-state index < -0.39 is 30.2 Å². The van der Waals surface area contributed by atoms with Gasteiger partial charge in [0.15, 0.2) is 0 Å². The van der Waals surface area contributed by atoms with Crippen molar-refractivity contribution >= 4 is 11.9 Å². The van der Waals surface area contributed by atoms with Crippen LogP contribution in [0.15, 0.2) is 0 Å². The first-order valence-electron chi connectivity index (χ1n) is 4.25. The lowest BCUT2D eigenvalue weighted by Crippen LogP contribution is -2.53. The van der Waals surface area contributed by atoms with Crippen molar-refractivity contribution in [3.63, 3.8) is 0 Å². The zero-order valence-electron chi connectivity index (χ0n) is 7.70. The number of hydrogen-bond donors (Lipinski definition) is 2. The summed E-state index contributed by atoms with van der Waals surface area (Å²) < 4.78 is 17.4. The van der Waals surface area contributed by atoms with Crippen LogP contribution in [0.1, 0.15) is 12.8 Å². The molecular formula is C8H12FNO4. The quantitative estimate of drug-likeness (QED) is 0.605. The third-order valence-corrected chi connectivity index (χ3v) is 2.17. The molecule has 0 spiro atoms. The van der Waals surface area contributed by atoms with E-state index in [1.807, 2.05) is 0 Å².